The number of anilines is 1. The number of hydrogen-bond donors (Lipinski definition) is 0. The van der Waals surface area contributed by atoms with Crippen LogP contribution in [-0.2, 0) is 18.3 Å². The molecule has 1 amide bonds. The van der Waals surface area contributed by atoms with Crippen LogP contribution in [0.2, 0.25) is 0 Å². The molecule has 0 aliphatic carbocycles. The maximum Gasteiger partial charge on any atom is 0.233 e. The Hall–Kier alpha value is -3.03. The van der Waals surface area contributed by atoms with Gasteiger partial charge in [-0.25, -0.2) is 9.67 Å². The van der Waals surface area contributed by atoms with Gasteiger partial charge in [-0.05, 0) is 28.1 Å². The van der Waals surface area contributed by atoms with Crippen molar-refractivity contribution in [3.63, 3.8) is 0 Å². The number of tetrazole rings is 1. The fourth-order valence-corrected chi connectivity index (χ4v) is 2.13. The van der Waals surface area contributed by atoms with Crippen molar-refractivity contribution in [2.45, 2.75) is 6.42 Å². The van der Waals surface area contributed by atoms with Crippen molar-refractivity contribution in [1.82, 2.24) is 29.8 Å². The largest absolute Gasteiger partial charge is 0.320 e. The van der Waals surface area contributed by atoms with Crippen LogP contribution >= 0.6 is 0 Å². The summed E-state index contributed by atoms with van der Waals surface area (Å²) in [6.07, 6.45) is 5.30. The summed E-state index contributed by atoms with van der Waals surface area (Å²) in [6, 6.07) is 7.53. The first-order chi connectivity index (χ1) is 10.6. The molecule has 8 nitrogen and oxygen atoms in total. The number of likely N-dealkylation sites (N-methyl/N-ethyl adjacent to an activating group) is 1. The van der Waals surface area contributed by atoms with Crippen LogP contribution in [0.25, 0.3) is 5.69 Å². The number of benzene rings is 1. The van der Waals surface area contributed by atoms with E-state index in [-0.39, 0.29) is 5.91 Å². The number of nitrogens with zero attached hydrogens (tertiary/aromatic N) is 7. The van der Waals surface area contributed by atoms with Gasteiger partial charge in [0.1, 0.15) is 6.33 Å². The monoisotopic (exact) mass is 297 g/mol. The van der Waals surface area contributed by atoms with E-state index in [1.807, 2.05) is 31.3 Å². The van der Waals surface area contributed by atoms with Gasteiger partial charge in [0.2, 0.25) is 11.9 Å². The molecule has 0 bridgehead atoms. The van der Waals surface area contributed by atoms with Crippen molar-refractivity contribution >= 4 is 11.9 Å². The van der Waals surface area contributed by atoms with Crippen LogP contribution in [0.4, 0.5) is 5.95 Å². The highest BCUT2D eigenvalue weighted by atomic mass is 16.2. The average molecular weight is 297 g/mol. The second-order valence-corrected chi connectivity index (χ2v) is 4.89. The first-order valence-corrected chi connectivity index (χ1v) is 6.71. The van der Waals surface area contributed by atoms with Gasteiger partial charge < -0.3 is 4.57 Å². The molecule has 0 N–H and O–H groups in total. The molecule has 112 valence electrons. The quantitative estimate of drug-likeness (QED) is 0.704. The first kappa shape index (κ1) is 13.9. The molecule has 22 heavy (non-hydrogen) atoms. The highest BCUT2D eigenvalue weighted by Crippen LogP contribution is 2.12. The summed E-state index contributed by atoms with van der Waals surface area (Å²) in [5.74, 6) is 0.597. The average Bonchev–Trinajstić information content (AvgIpc) is 3.18. The molecule has 0 aliphatic rings. The molecule has 0 spiro atoms. The normalized spacial score (nSPS) is 10.6. The zero-order valence-electron chi connectivity index (χ0n) is 12.3. The van der Waals surface area contributed by atoms with Crippen LogP contribution in [0.1, 0.15) is 5.56 Å². The Bertz CT molecular complexity index is 761. The summed E-state index contributed by atoms with van der Waals surface area (Å²) >= 11 is 0. The molecule has 0 atom stereocenters. The zero-order chi connectivity index (χ0) is 15.5. The van der Waals surface area contributed by atoms with Crippen molar-refractivity contribution in [3.05, 3.63) is 48.5 Å². The van der Waals surface area contributed by atoms with Crippen molar-refractivity contribution in [1.29, 1.82) is 0 Å². The van der Waals surface area contributed by atoms with E-state index in [1.54, 1.807) is 33.6 Å². The highest BCUT2D eigenvalue weighted by molar-refractivity contribution is 5.92. The molecule has 0 radical (unpaired) electrons. The molecule has 0 fully saturated rings. The number of carbonyl (C=O) groups is 1. The minimum Gasteiger partial charge on any atom is -0.320 e. The number of rotatable bonds is 4. The van der Waals surface area contributed by atoms with E-state index >= 15 is 0 Å². The zero-order valence-corrected chi connectivity index (χ0v) is 12.3. The fraction of sp³-hybridized carbons (Fsp3) is 0.214. The van der Waals surface area contributed by atoms with Crippen molar-refractivity contribution in [2.75, 3.05) is 11.9 Å². The van der Waals surface area contributed by atoms with Crippen LogP contribution in [0.15, 0.2) is 43.0 Å². The molecular formula is C14H15N7O. The highest BCUT2D eigenvalue weighted by Gasteiger charge is 2.15. The lowest BCUT2D eigenvalue weighted by atomic mass is 10.1. The van der Waals surface area contributed by atoms with E-state index in [0.717, 1.165) is 11.3 Å². The van der Waals surface area contributed by atoms with Gasteiger partial charge in [-0.2, -0.15) is 0 Å². The van der Waals surface area contributed by atoms with Gasteiger partial charge in [-0.15, -0.1) is 5.10 Å². The van der Waals surface area contributed by atoms with Gasteiger partial charge in [-0.1, -0.05) is 12.1 Å². The molecule has 3 rings (SSSR count). The lowest BCUT2D eigenvalue weighted by Gasteiger charge is -2.16. The Labute approximate surface area is 127 Å². The maximum atomic E-state index is 12.3. The Balaban J connectivity index is 1.70. The first-order valence-electron chi connectivity index (χ1n) is 6.71. The van der Waals surface area contributed by atoms with E-state index in [2.05, 4.69) is 20.5 Å². The minimum atomic E-state index is -0.0236. The molecule has 0 unspecified atom stereocenters. The van der Waals surface area contributed by atoms with E-state index in [0.29, 0.717) is 12.4 Å². The molecular weight excluding hydrogens is 282 g/mol. The number of aryl methyl sites for hydroxylation is 1. The standard InChI is InChI=1S/C14H15N7O/c1-19-8-7-15-14(19)20(2)13(22)9-11-3-5-12(6-4-11)21-10-16-17-18-21/h3-8,10H,9H2,1-2H3. The summed E-state index contributed by atoms with van der Waals surface area (Å²) in [4.78, 5) is 18.0. The second-order valence-electron chi connectivity index (χ2n) is 4.89. The third-order valence-electron chi connectivity index (χ3n) is 3.38. The van der Waals surface area contributed by atoms with Crippen LogP contribution in [-0.4, -0.2) is 42.7 Å². The van der Waals surface area contributed by atoms with Crippen LogP contribution in [0, 0.1) is 0 Å². The Kier molecular flexibility index (Phi) is 3.65. The van der Waals surface area contributed by atoms with E-state index in [4.69, 9.17) is 0 Å². The van der Waals surface area contributed by atoms with Gasteiger partial charge in [0, 0.05) is 26.5 Å². The van der Waals surface area contributed by atoms with Crippen LogP contribution in [0.5, 0.6) is 0 Å². The summed E-state index contributed by atoms with van der Waals surface area (Å²) in [6.45, 7) is 0. The smallest absolute Gasteiger partial charge is 0.233 e. The Morgan fingerprint density at radius 2 is 2.05 bits per heavy atom. The summed E-state index contributed by atoms with van der Waals surface area (Å²) in [7, 11) is 3.58. The van der Waals surface area contributed by atoms with Gasteiger partial charge in [0.15, 0.2) is 0 Å². The molecule has 3 aromatic rings. The van der Waals surface area contributed by atoms with E-state index in [1.165, 1.54) is 6.33 Å². The predicted octanol–water partition coefficient (Wildman–Crippen LogP) is 0.601. The molecule has 0 aliphatic heterocycles. The van der Waals surface area contributed by atoms with Gasteiger partial charge in [0.25, 0.3) is 0 Å². The van der Waals surface area contributed by atoms with E-state index < -0.39 is 0 Å². The van der Waals surface area contributed by atoms with Gasteiger partial charge in [-0.3, -0.25) is 9.69 Å². The molecule has 2 heterocycles. The topological polar surface area (TPSA) is 81.7 Å². The van der Waals surface area contributed by atoms with Gasteiger partial charge in [0.05, 0.1) is 12.1 Å². The van der Waals surface area contributed by atoms with Crippen molar-refractivity contribution < 1.29 is 4.79 Å². The van der Waals surface area contributed by atoms with Crippen molar-refractivity contribution in [2.24, 2.45) is 7.05 Å². The predicted molar refractivity (Wildman–Crippen MR) is 79.5 cm³/mol. The number of aromatic nitrogens is 6. The van der Waals surface area contributed by atoms with E-state index in [9.17, 15) is 4.79 Å². The van der Waals surface area contributed by atoms with Gasteiger partial charge >= 0.3 is 0 Å². The van der Waals surface area contributed by atoms with Crippen LogP contribution in [0.3, 0.4) is 0 Å². The summed E-state index contributed by atoms with van der Waals surface area (Å²) in [5, 5.41) is 11.0. The molecule has 1 aromatic carbocycles. The maximum absolute atomic E-state index is 12.3. The molecule has 8 heteroatoms. The Morgan fingerprint density at radius 3 is 2.64 bits per heavy atom. The molecule has 0 saturated carbocycles. The third kappa shape index (κ3) is 2.71. The lowest BCUT2D eigenvalue weighted by Crippen LogP contribution is -2.30. The summed E-state index contributed by atoms with van der Waals surface area (Å²) in [5.41, 5.74) is 1.77. The lowest BCUT2D eigenvalue weighted by molar-refractivity contribution is -0.117. The third-order valence-corrected chi connectivity index (χ3v) is 3.38. The molecule has 0 saturated heterocycles. The van der Waals surface area contributed by atoms with Crippen LogP contribution < -0.4 is 4.90 Å². The molecule has 2 aromatic heterocycles. The van der Waals surface area contributed by atoms with Crippen molar-refractivity contribution in [3.8, 4) is 5.69 Å². The number of imidazole rings is 1. The minimum absolute atomic E-state index is 0.0236. The second kappa shape index (κ2) is 5.76. The fourth-order valence-electron chi connectivity index (χ4n) is 2.13. The number of amides is 1. The number of carbonyl (C=O) groups excluding carboxylic acids is 1. The Morgan fingerprint density at radius 1 is 1.27 bits per heavy atom. The summed E-state index contributed by atoms with van der Waals surface area (Å²) < 4.78 is 3.37. The SMILES string of the molecule is CN(C(=O)Cc1ccc(-n2cnnn2)cc1)c1nccn1C. The number of hydrogen-bond acceptors (Lipinski definition) is 5.